The van der Waals surface area contributed by atoms with Crippen LogP contribution in [0.2, 0.25) is 0 Å². The number of aryl methyl sites for hydroxylation is 1. The molecule has 0 bridgehead atoms. The van der Waals surface area contributed by atoms with E-state index >= 15 is 0 Å². The van der Waals surface area contributed by atoms with E-state index in [1.807, 2.05) is 30.3 Å². The maximum Gasteiger partial charge on any atom is 0.224 e. The van der Waals surface area contributed by atoms with Crippen molar-refractivity contribution >= 4 is 11.6 Å². The molecule has 0 heterocycles. The molecule has 3 N–H and O–H groups in total. The predicted molar refractivity (Wildman–Crippen MR) is 82.5 cm³/mol. The number of hydrogen-bond donors (Lipinski definition) is 2. The number of nitrogens with two attached hydrogens (primary N) is 1. The van der Waals surface area contributed by atoms with Crippen LogP contribution in [0.3, 0.4) is 0 Å². The van der Waals surface area contributed by atoms with E-state index in [0.717, 1.165) is 12.0 Å². The summed E-state index contributed by atoms with van der Waals surface area (Å²) >= 11 is 0. The van der Waals surface area contributed by atoms with E-state index < -0.39 is 0 Å². The van der Waals surface area contributed by atoms with Crippen molar-refractivity contribution in [2.24, 2.45) is 0 Å². The van der Waals surface area contributed by atoms with Gasteiger partial charge in [-0.3, -0.25) is 4.79 Å². The van der Waals surface area contributed by atoms with Gasteiger partial charge in [0.2, 0.25) is 5.91 Å². The molecule has 0 aliphatic heterocycles. The fourth-order valence-electron chi connectivity index (χ4n) is 2.14. The van der Waals surface area contributed by atoms with E-state index in [1.165, 1.54) is 11.1 Å². The molecule has 20 heavy (non-hydrogen) atoms. The first-order valence-corrected chi connectivity index (χ1v) is 6.81. The summed E-state index contributed by atoms with van der Waals surface area (Å²) in [6.07, 6.45) is 1.18. The van der Waals surface area contributed by atoms with Gasteiger partial charge in [0.25, 0.3) is 0 Å². The molecule has 0 saturated heterocycles. The monoisotopic (exact) mass is 268 g/mol. The quantitative estimate of drug-likeness (QED) is 0.819. The minimum absolute atomic E-state index is 0.00977. The molecule has 104 valence electrons. The number of amides is 1. The van der Waals surface area contributed by atoms with E-state index in [-0.39, 0.29) is 5.91 Å². The van der Waals surface area contributed by atoms with Crippen molar-refractivity contribution in [3.63, 3.8) is 0 Å². The third-order valence-corrected chi connectivity index (χ3v) is 3.22. The molecule has 2 aromatic carbocycles. The maximum absolute atomic E-state index is 11.9. The second-order valence-corrected chi connectivity index (χ2v) is 4.96. The summed E-state index contributed by atoms with van der Waals surface area (Å²) in [7, 11) is 0. The predicted octanol–water partition coefficient (Wildman–Crippen LogP) is 2.48. The number of nitrogens with one attached hydrogen (secondary N) is 1. The van der Waals surface area contributed by atoms with Gasteiger partial charge in [0.05, 0.1) is 6.42 Å². The number of hydrogen-bond acceptors (Lipinski definition) is 2. The number of benzene rings is 2. The maximum atomic E-state index is 11.9. The Labute approximate surface area is 119 Å². The highest BCUT2D eigenvalue weighted by atomic mass is 16.1. The third kappa shape index (κ3) is 4.12. The average Bonchev–Trinajstić information content (AvgIpc) is 2.41. The Morgan fingerprint density at radius 2 is 1.95 bits per heavy atom. The Hall–Kier alpha value is -2.29. The fraction of sp³-hybridized carbons (Fsp3) is 0.235. The normalized spacial score (nSPS) is 10.2. The van der Waals surface area contributed by atoms with Crippen LogP contribution in [0.4, 0.5) is 5.69 Å². The summed E-state index contributed by atoms with van der Waals surface area (Å²) in [6.45, 7) is 2.72. The van der Waals surface area contributed by atoms with Crippen molar-refractivity contribution < 1.29 is 4.79 Å². The number of anilines is 1. The lowest BCUT2D eigenvalue weighted by molar-refractivity contribution is -0.120. The second kappa shape index (κ2) is 6.75. The van der Waals surface area contributed by atoms with Gasteiger partial charge in [0.15, 0.2) is 0 Å². The first-order chi connectivity index (χ1) is 9.65. The largest absolute Gasteiger partial charge is 0.398 e. The van der Waals surface area contributed by atoms with Crippen LogP contribution in [0, 0.1) is 6.92 Å². The molecule has 0 aliphatic rings. The molecule has 2 rings (SSSR count). The SMILES string of the molecule is Cc1cccc(CCNC(=O)Cc2ccccc2N)c1. The van der Waals surface area contributed by atoms with Crippen LogP contribution >= 0.6 is 0 Å². The molecule has 0 aliphatic carbocycles. The van der Waals surface area contributed by atoms with E-state index in [2.05, 4.69) is 30.4 Å². The Morgan fingerprint density at radius 3 is 2.70 bits per heavy atom. The molecular formula is C17H20N2O. The number of para-hydroxylation sites is 1. The van der Waals surface area contributed by atoms with Crippen molar-refractivity contribution in [3.05, 3.63) is 65.2 Å². The van der Waals surface area contributed by atoms with Crippen LogP contribution in [0.1, 0.15) is 16.7 Å². The smallest absolute Gasteiger partial charge is 0.224 e. The zero-order valence-corrected chi connectivity index (χ0v) is 11.7. The lowest BCUT2D eigenvalue weighted by atomic mass is 10.1. The third-order valence-electron chi connectivity index (χ3n) is 3.22. The molecule has 0 spiro atoms. The number of carbonyl (C=O) groups is 1. The zero-order chi connectivity index (χ0) is 14.4. The van der Waals surface area contributed by atoms with Crippen molar-refractivity contribution in [2.75, 3.05) is 12.3 Å². The van der Waals surface area contributed by atoms with Crippen molar-refractivity contribution in [1.29, 1.82) is 0 Å². The Bertz CT molecular complexity index is 593. The Morgan fingerprint density at radius 1 is 1.15 bits per heavy atom. The highest BCUT2D eigenvalue weighted by Crippen LogP contribution is 2.10. The number of carbonyl (C=O) groups excluding carboxylic acids is 1. The van der Waals surface area contributed by atoms with Crippen LogP contribution < -0.4 is 11.1 Å². The van der Waals surface area contributed by atoms with Crippen LogP contribution in [0.15, 0.2) is 48.5 Å². The highest BCUT2D eigenvalue weighted by Gasteiger charge is 2.05. The summed E-state index contributed by atoms with van der Waals surface area (Å²) in [6, 6.07) is 15.8. The van der Waals surface area contributed by atoms with Crippen LogP contribution in [0.25, 0.3) is 0 Å². The van der Waals surface area contributed by atoms with Gasteiger partial charge in [-0.15, -0.1) is 0 Å². The summed E-state index contributed by atoms with van der Waals surface area (Å²) in [4.78, 5) is 11.9. The van der Waals surface area contributed by atoms with Crippen molar-refractivity contribution in [1.82, 2.24) is 5.32 Å². The van der Waals surface area contributed by atoms with E-state index in [4.69, 9.17) is 5.73 Å². The fourth-order valence-corrected chi connectivity index (χ4v) is 2.14. The Kier molecular flexibility index (Phi) is 4.77. The van der Waals surface area contributed by atoms with Crippen LogP contribution in [-0.4, -0.2) is 12.5 Å². The van der Waals surface area contributed by atoms with Gasteiger partial charge in [0.1, 0.15) is 0 Å². The average molecular weight is 268 g/mol. The lowest BCUT2D eigenvalue weighted by Gasteiger charge is -2.07. The molecule has 3 heteroatoms. The van der Waals surface area contributed by atoms with Crippen LogP contribution in [0.5, 0.6) is 0 Å². The molecule has 0 fully saturated rings. The van der Waals surface area contributed by atoms with Crippen molar-refractivity contribution in [2.45, 2.75) is 19.8 Å². The molecular weight excluding hydrogens is 248 g/mol. The summed E-state index contributed by atoms with van der Waals surface area (Å²) in [5.74, 6) is 0.00977. The molecule has 3 nitrogen and oxygen atoms in total. The molecule has 2 aromatic rings. The topological polar surface area (TPSA) is 55.1 Å². The van der Waals surface area contributed by atoms with Gasteiger partial charge >= 0.3 is 0 Å². The molecule has 0 radical (unpaired) electrons. The first-order valence-electron chi connectivity index (χ1n) is 6.81. The van der Waals surface area contributed by atoms with E-state index in [1.54, 1.807) is 0 Å². The second-order valence-electron chi connectivity index (χ2n) is 4.96. The molecule has 0 atom stereocenters. The minimum Gasteiger partial charge on any atom is -0.398 e. The number of rotatable bonds is 5. The van der Waals surface area contributed by atoms with Gasteiger partial charge < -0.3 is 11.1 Å². The van der Waals surface area contributed by atoms with Crippen molar-refractivity contribution in [3.8, 4) is 0 Å². The van der Waals surface area contributed by atoms with E-state index in [0.29, 0.717) is 18.7 Å². The highest BCUT2D eigenvalue weighted by molar-refractivity contribution is 5.80. The van der Waals surface area contributed by atoms with E-state index in [9.17, 15) is 4.79 Å². The summed E-state index contributed by atoms with van der Waals surface area (Å²) in [5.41, 5.74) is 9.85. The van der Waals surface area contributed by atoms with Crippen LogP contribution in [-0.2, 0) is 17.6 Å². The number of nitrogen functional groups attached to an aromatic ring is 1. The first kappa shape index (κ1) is 14.1. The molecule has 0 unspecified atom stereocenters. The van der Waals surface area contributed by atoms with Gasteiger partial charge in [-0.25, -0.2) is 0 Å². The van der Waals surface area contributed by atoms with Gasteiger partial charge in [0, 0.05) is 12.2 Å². The zero-order valence-electron chi connectivity index (χ0n) is 11.7. The summed E-state index contributed by atoms with van der Waals surface area (Å²) < 4.78 is 0. The summed E-state index contributed by atoms with van der Waals surface area (Å²) in [5, 5.41) is 2.93. The van der Waals surface area contributed by atoms with Gasteiger partial charge in [-0.1, -0.05) is 48.0 Å². The molecule has 1 amide bonds. The molecule has 0 aromatic heterocycles. The lowest BCUT2D eigenvalue weighted by Crippen LogP contribution is -2.27. The Balaban J connectivity index is 1.80. The minimum atomic E-state index is 0.00977. The standard InChI is InChI=1S/C17H20N2O/c1-13-5-4-6-14(11-13)9-10-19-17(20)12-15-7-2-3-8-16(15)18/h2-8,11H,9-10,12,18H2,1H3,(H,19,20). The van der Waals surface area contributed by atoms with Gasteiger partial charge in [-0.05, 0) is 30.5 Å². The van der Waals surface area contributed by atoms with Gasteiger partial charge in [-0.2, -0.15) is 0 Å². The molecule has 0 saturated carbocycles.